The van der Waals surface area contributed by atoms with Crippen molar-refractivity contribution < 1.29 is 28.7 Å². The minimum atomic E-state index is -0.509. The summed E-state index contributed by atoms with van der Waals surface area (Å²) in [6, 6.07) is -0.509. The molecular formula is C18H31N5O6. The molecule has 11 heteroatoms. The van der Waals surface area contributed by atoms with E-state index in [4.69, 9.17) is 0 Å². The van der Waals surface area contributed by atoms with Gasteiger partial charge in [0.25, 0.3) is 0 Å². The third-order valence-corrected chi connectivity index (χ3v) is 4.46. The maximum Gasteiger partial charge on any atom is 0.406 e. The van der Waals surface area contributed by atoms with E-state index in [0.717, 1.165) is 17.7 Å². The average molecular weight is 413 g/mol. The van der Waals surface area contributed by atoms with Gasteiger partial charge in [0.1, 0.15) is 0 Å². The van der Waals surface area contributed by atoms with Crippen molar-refractivity contribution in [2.75, 3.05) is 40.3 Å². The first-order valence-electron chi connectivity index (χ1n) is 9.75. The number of unbranched alkanes of at least 4 members (excludes halogenated alkanes) is 2. The van der Waals surface area contributed by atoms with Gasteiger partial charge in [-0.1, -0.05) is 6.42 Å². The van der Waals surface area contributed by atoms with Crippen LogP contribution in [0.4, 0.5) is 4.79 Å². The van der Waals surface area contributed by atoms with Crippen LogP contribution in [0, 0.1) is 0 Å². The van der Waals surface area contributed by atoms with E-state index < -0.39 is 12.1 Å². The van der Waals surface area contributed by atoms with Crippen LogP contribution in [-0.4, -0.2) is 81.0 Å². The summed E-state index contributed by atoms with van der Waals surface area (Å²) in [6.45, 7) is 1.13. The molecule has 1 saturated heterocycles. The zero-order chi connectivity index (χ0) is 21.6. The van der Waals surface area contributed by atoms with Crippen LogP contribution in [0.5, 0.6) is 0 Å². The molecule has 0 radical (unpaired) electrons. The monoisotopic (exact) mass is 413 g/mol. The molecular weight excluding hydrogens is 382 g/mol. The van der Waals surface area contributed by atoms with Gasteiger partial charge in [0.15, 0.2) is 0 Å². The number of likely N-dealkylation sites (tertiary alicyclic amines) is 1. The Hall–Kier alpha value is -2.69. The molecule has 1 fully saturated rings. The molecule has 1 aliphatic rings. The van der Waals surface area contributed by atoms with Crippen molar-refractivity contribution >= 4 is 29.7 Å². The molecule has 0 aromatic heterocycles. The van der Waals surface area contributed by atoms with Gasteiger partial charge >= 0.3 is 6.09 Å². The van der Waals surface area contributed by atoms with Crippen molar-refractivity contribution in [2.24, 2.45) is 0 Å². The van der Waals surface area contributed by atoms with Crippen LogP contribution in [0.25, 0.3) is 0 Å². The number of alkyl carbamates (subject to hydrolysis) is 1. The van der Waals surface area contributed by atoms with Crippen molar-refractivity contribution in [1.82, 2.24) is 26.2 Å². The van der Waals surface area contributed by atoms with E-state index in [9.17, 15) is 24.0 Å². The van der Waals surface area contributed by atoms with E-state index in [1.165, 1.54) is 7.11 Å². The molecule has 1 atom stereocenters. The minimum Gasteiger partial charge on any atom is -0.453 e. The third kappa shape index (κ3) is 9.37. The normalized spacial score (nSPS) is 15.9. The first-order valence-corrected chi connectivity index (χ1v) is 9.75. The Morgan fingerprint density at radius 3 is 2.21 bits per heavy atom. The van der Waals surface area contributed by atoms with Crippen molar-refractivity contribution in [3.05, 3.63) is 0 Å². The topological polar surface area (TPSA) is 146 Å². The third-order valence-electron chi connectivity index (χ3n) is 4.46. The summed E-state index contributed by atoms with van der Waals surface area (Å²) in [5.74, 6) is -0.980. The lowest BCUT2D eigenvalue weighted by molar-refractivity contribution is -0.139. The number of rotatable bonds is 13. The van der Waals surface area contributed by atoms with Crippen LogP contribution in [0.2, 0.25) is 0 Å². The Balaban J connectivity index is 2.03. The van der Waals surface area contributed by atoms with Crippen molar-refractivity contribution in [1.29, 1.82) is 0 Å². The largest absolute Gasteiger partial charge is 0.453 e. The van der Waals surface area contributed by atoms with Gasteiger partial charge in [0, 0.05) is 39.0 Å². The van der Waals surface area contributed by atoms with E-state index in [0.29, 0.717) is 25.9 Å². The van der Waals surface area contributed by atoms with Gasteiger partial charge in [-0.3, -0.25) is 24.1 Å². The van der Waals surface area contributed by atoms with Crippen LogP contribution in [0.1, 0.15) is 38.5 Å². The van der Waals surface area contributed by atoms with Crippen LogP contribution in [-0.2, 0) is 23.9 Å². The van der Waals surface area contributed by atoms with Crippen LogP contribution >= 0.6 is 0 Å². The molecule has 1 heterocycles. The van der Waals surface area contributed by atoms with Crippen LogP contribution < -0.4 is 21.3 Å². The Morgan fingerprint density at radius 2 is 1.62 bits per heavy atom. The first kappa shape index (κ1) is 24.3. The van der Waals surface area contributed by atoms with E-state index in [2.05, 4.69) is 26.0 Å². The summed E-state index contributed by atoms with van der Waals surface area (Å²) in [5, 5.41) is 10.7. The number of likely N-dealkylation sites (N-methyl/N-ethyl adjacent to an activating group) is 1. The van der Waals surface area contributed by atoms with Crippen molar-refractivity contribution in [2.45, 2.75) is 44.6 Å². The standard InChI is InChI=1S/C18H31N5O6/c1-19-13-12-16(26)23(17(13)27)11-7-15(25)21-10-9-20-14(24)6-4-3-5-8-22-18(28)29-2/h13,19H,3-12H2,1-2H3,(H,20,24)(H,21,25)(H,22,28). The summed E-state index contributed by atoms with van der Waals surface area (Å²) >= 11 is 0. The number of carbonyl (C=O) groups is 5. The molecule has 0 aromatic rings. The molecule has 4 N–H and O–H groups in total. The number of nitrogens with one attached hydrogen (secondary N) is 4. The number of nitrogens with zero attached hydrogens (tertiary/aromatic N) is 1. The van der Waals surface area contributed by atoms with E-state index in [1.807, 2.05) is 0 Å². The number of ether oxygens (including phenoxy) is 1. The smallest absolute Gasteiger partial charge is 0.406 e. The lowest BCUT2D eigenvalue weighted by Gasteiger charge is -2.14. The van der Waals surface area contributed by atoms with E-state index >= 15 is 0 Å². The highest BCUT2D eigenvalue weighted by atomic mass is 16.5. The zero-order valence-corrected chi connectivity index (χ0v) is 17.0. The van der Waals surface area contributed by atoms with Crippen LogP contribution in [0.3, 0.4) is 0 Å². The van der Waals surface area contributed by atoms with Gasteiger partial charge < -0.3 is 26.0 Å². The summed E-state index contributed by atoms with van der Waals surface area (Å²) in [5.41, 5.74) is 0. The number of hydrogen-bond acceptors (Lipinski definition) is 7. The summed E-state index contributed by atoms with van der Waals surface area (Å²) in [7, 11) is 2.92. The van der Waals surface area contributed by atoms with Crippen molar-refractivity contribution in [3.63, 3.8) is 0 Å². The van der Waals surface area contributed by atoms with Gasteiger partial charge in [-0.25, -0.2) is 4.79 Å². The number of hydrogen-bond donors (Lipinski definition) is 4. The molecule has 29 heavy (non-hydrogen) atoms. The van der Waals surface area contributed by atoms with Gasteiger partial charge in [0.05, 0.1) is 19.6 Å². The van der Waals surface area contributed by atoms with Crippen LogP contribution in [0.15, 0.2) is 0 Å². The first-order chi connectivity index (χ1) is 13.9. The molecule has 1 unspecified atom stereocenters. The maximum atomic E-state index is 11.9. The van der Waals surface area contributed by atoms with Gasteiger partial charge in [-0.2, -0.15) is 0 Å². The predicted octanol–water partition coefficient (Wildman–Crippen LogP) is -1.13. The minimum absolute atomic E-state index is 0.0292. The fourth-order valence-electron chi connectivity index (χ4n) is 2.79. The number of methoxy groups -OCH3 is 1. The quantitative estimate of drug-likeness (QED) is 0.221. The Kier molecular flexibility index (Phi) is 11.3. The Bertz CT molecular complexity index is 597. The van der Waals surface area contributed by atoms with Gasteiger partial charge in [-0.15, -0.1) is 0 Å². The fourth-order valence-corrected chi connectivity index (χ4v) is 2.79. The van der Waals surface area contributed by atoms with Crippen molar-refractivity contribution in [3.8, 4) is 0 Å². The molecule has 5 amide bonds. The highest BCUT2D eigenvalue weighted by molar-refractivity contribution is 6.05. The second-order valence-electron chi connectivity index (χ2n) is 6.61. The molecule has 1 rings (SSSR count). The zero-order valence-electron chi connectivity index (χ0n) is 17.0. The molecule has 0 spiro atoms. The van der Waals surface area contributed by atoms with E-state index in [1.54, 1.807) is 7.05 Å². The maximum absolute atomic E-state index is 11.9. The van der Waals surface area contributed by atoms with E-state index in [-0.39, 0.29) is 49.6 Å². The Morgan fingerprint density at radius 1 is 0.966 bits per heavy atom. The number of imide groups is 1. The highest BCUT2D eigenvalue weighted by Crippen LogP contribution is 2.12. The molecule has 0 aromatic carbocycles. The second-order valence-corrected chi connectivity index (χ2v) is 6.61. The highest BCUT2D eigenvalue weighted by Gasteiger charge is 2.37. The molecule has 164 valence electrons. The molecule has 0 aliphatic carbocycles. The average Bonchev–Trinajstić information content (AvgIpc) is 2.98. The summed E-state index contributed by atoms with van der Waals surface area (Å²) in [6.07, 6.45) is 2.31. The Labute approximate surface area is 170 Å². The van der Waals surface area contributed by atoms with Gasteiger partial charge in [-0.05, 0) is 19.9 Å². The summed E-state index contributed by atoms with van der Waals surface area (Å²) in [4.78, 5) is 59.2. The number of carbonyl (C=O) groups excluding carboxylic acids is 5. The molecule has 0 bridgehead atoms. The molecule has 11 nitrogen and oxygen atoms in total. The number of amides is 5. The second kappa shape index (κ2) is 13.5. The summed E-state index contributed by atoms with van der Waals surface area (Å²) < 4.78 is 4.45. The predicted molar refractivity (Wildman–Crippen MR) is 104 cm³/mol. The fraction of sp³-hybridized carbons (Fsp3) is 0.722. The SMILES string of the molecule is CNC1CC(=O)N(CCC(=O)NCCNC(=O)CCCCCNC(=O)OC)C1=O. The lowest BCUT2D eigenvalue weighted by Crippen LogP contribution is -2.40. The molecule has 0 saturated carbocycles. The lowest BCUT2D eigenvalue weighted by atomic mass is 10.2. The van der Waals surface area contributed by atoms with Gasteiger partial charge in [0.2, 0.25) is 23.6 Å². The molecule has 1 aliphatic heterocycles.